The number of rotatable bonds is 12. The number of methoxy groups -OCH3 is 1. The molecule has 3 amide bonds. The van der Waals surface area contributed by atoms with Crippen molar-refractivity contribution in [1.82, 2.24) is 19.7 Å². The first-order valence-electron chi connectivity index (χ1n) is 10.2. The number of amides is 3. The smallest absolute Gasteiger partial charge is 0.318 e. The maximum atomic E-state index is 13.1. The van der Waals surface area contributed by atoms with Crippen LogP contribution in [-0.2, 0) is 27.9 Å². The first-order valence-corrected chi connectivity index (χ1v) is 10.2. The molecule has 0 aliphatic rings. The number of aromatic nitrogens is 1. The molecule has 0 fully saturated rings. The minimum atomic E-state index is -0.378. The number of carbonyl (C=O) groups excluding carboxylic acids is 2. The molecule has 1 aromatic heterocycles. The third kappa shape index (κ3) is 9.80. The standard InChI is InChI=1S/C21H38N4O4/c1-7-29-14-9-12-25(20(27)22-21(2,3)4)17-19(26)24(13-15-28-6)16-18-10-8-11-23(18)5/h8,10-11H,7,9,12-17H2,1-6H3,(H,22,27). The Morgan fingerprint density at radius 3 is 2.45 bits per heavy atom. The Labute approximate surface area is 175 Å². The summed E-state index contributed by atoms with van der Waals surface area (Å²) < 4.78 is 12.5. The van der Waals surface area contributed by atoms with Crippen LogP contribution in [0, 0.1) is 0 Å². The summed E-state index contributed by atoms with van der Waals surface area (Å²) in [6, 6.07) is 3.69. The lowest BCUT2D eigenvalue weighted by Crippen LogP contribution is -2.52. The highest BCUT2D eigenvalue weighted by Crippen LogP contribution is 2.08. The van der Waals surface area contributed by atoms with E-state index in [0.717, 1.165) is 5.69 Å². The number of hydrogen-bond acceptors (Lipinski definition) is 4. The van der Waals surface area contributed by atoms with Crippen molar-refractivity contribution in [2.75, 3.05) is 46.6 Å². The van der Waals surface area contributed by atoms with E-state index in [1.807, 2.05) is 57.6 Å². The summed E-state index contributed by atoms with van der Waals surface area (Å²) in [6.07, 6.45) is 2.62. The fraction of sp³-hybridized carbons (Fsp3) is 0.714. The number of urea groups is 1. The molecule has 166 valence electrons. The fourth-order valence-electron chi connectivity index (χ4n) is 2.77. The molecule has 29 heavy (non-hydrogen) atoms. The summed E-state index contributed by atoms with van der Waals surface area (Å²) in [5, 5.41) is 2.95. The number of hydrogen-bond donors (Lipinski definition) is 1. The van der Waals surface area contributed by atoms with Gasteiger partial charge >= 0.3 is 6.03 Å². The Morgan fingerprint density at radius 1 is 1.17 bits per heavy atom. The number of ether oxygens (including phenoxy) is 2. The Hall–Kier alpha value is -2.06. The lowest BCUT2D eigenvalue weighted by Gasteiger charge is -2.30. The van der Waals surface area contributed by atoms with E-state index in [1.54, 1.807) is 16.9 Å². The zero-order valence-electron chi connectivity index (χ0n) is 18.9. The lowest BCUT2D eigenvalue weighted by atomic mass is 10.1. The van der Waals surface area contributed by atoms with Gasteiger partial charge in [-0.25, -0.2) is 4.79 Å². The van der Waals surface area contributed by atoms with Crippen LogP contribution in [-0.4, -0.2) is 78.4 Å². The summed E-state index contributed by atoms with van der Waals surface area (Å²) >= 11 is 0. The normalized spacial score (nSPS) is 11.4. The molecule has 1 aromatic rings. The number of carbonyl (C=O) groups is 2. The zero-order valence-corrected chi connectivity index (χ0v) is 18.9. The van der Waals surface area contributed by atoms with E-state index in [-0.39, 0.29) is 24.0 Å². The summed E-state index contributed by atoms with van der Waals surface area (Å²) in [5.41, 5.74) is 0.647. The topological polar surface area (TPSA) is 76.0 Å². The molecule has 0 unspecified atom stereocenters. The Bertz CT molecular complexity index is 624. The Morgan fingerprint density at radius 2 is 1.90 bits per heavy atom. The van der Waals surface area contributed by atoms with Crippen LogP contribution in [0.25, 0.3) is 0 Å². The van der Waals surface area contributed by atoms with Crippen molar-refractivity contribution in [3.05, 3.63) is 24.0 Å². The van der Waals surface area contributed by atoms with Crippen LogP contribution in [0.2, 0.25) is 0 Å². The predicted molar refractivity (Wildman–Crippen MR) is 114 cm³/mol. The molecule has 8 heteroatoms. The lowest BCUT2D eigenvalue weighted by molar-refractivity contribution is -0.133. The minimum absolute atomic E-state index is 0.0160. The molecule has 1 N–H and O–H groups in total. The van der Waals surface area contributed by atoms with Crippen LogP contribution in [0.3, 0.4) is 0 Å². The van der Waals surface area contributed by atoms with Crippen LogP contribution in [0.4, 0.5) is 4.79 Å². The molecule has 8 nitrogen and oxygen atoms in total. The summed E-state index contributed by atoms with van der Waals surface area (Å²) in [6.45, 7) is 10.7. The van der Waals surface area contributed by atoms with Gasteiger partial charge in [-0.1, -0.05) is 0 Å². The maximum absolute atomic E-state index is 13.1. The summed E-state index contributed by atoms with van der Waals surface area (Å²) in [7, 11) is 3.56. The molecule has 1 heterocycles. The van der Waals surface area contributed by atoms with Crippen molar-refractivity contribution < 1.29 is 19.1 Å². The molecule has 0 saturated heterocycles. The van der Waals surface area contributed by atoms with E-state index in [2.05, 4.69) is 5.32 Å². The van der Waals surface area contributed by atoms with Crippen LogP contribution in [0.5, 0.6) is 0 Å². The molecule has 0 saturated carbocycles. The molecule has 1 rings (SSSR count). The van der Waals surface area contributed by atoms with Gasteiger partial charge in [-0.05, 0) is 46.2 Å². The van der Waals surface area contributed by atoms with Crippen molar-refractivity contribution in [3.8, 4) is 0 Å². The van der Waals surface area contributed by atoms with E-state index >= 15 is 0 Å². The molecule has 0 spiro atoms. The van der Waals surface area contributed by atoms with Crippen LogP contribution < -0.4 is 5.32 Å². The van der Waals surface area contributed by atoms with Gasteiger partial charge in [0.25, 0.3) is 0 Å². The van der Waals surface area contributed by atoms with Gasteiger partial charge in [0.1, 0.15) is 6.54 Å². The molecule has 0 aliphatic carbocycles. The van der Waals surface area contributed by atoms with E-state index in [9.17, 15) is 9.59 Å². The average molecular weight is 411 g/mol. The largest absolute Gasteiger partial charge is 0.383 e. The third-order valence-corrected chi connectivity index (χ3v) is 4.34. The van der Waals surface area contributed by atoms with E-state index < -0.39 is 0 Å². The van der Waals surface area contributed by atoms with Crippen LogP contribution >= 0.6 is 0 Å². The average Bonchev–Trinajstić information content (AvgIpc) is 3.04. The van der Waals surface area contributed by atoms with E-state index in [4.69, 9.17) is 9.47 Å². The van der Waals surface area contributed by atoms with Gasteiger partial charge < -0.3 is 29.2 Å². The highest BCUT2D eigenvalue weighted by Gasteiger charge is 2.24. The Kier molecular flexibility index (Phi) is 10.8. The summed E-state index contributed by atoms with van der Waals surface area (Å²) in [5.74, 6) is -0.108. The van der Waals surface area contributed by atoms with Crippen molar-refractivity contribution in [1.29, 1.82) is 0 Å². The quantitative estimate of drug-likeness (QED) is 0.536. The first kappa shape index (κ1) is 25.0. The second kappa shape index (κ2) is 12.5. The van der Waals surface area contributed by atoms with Gasteiger partial charge in [0.05, 0.1) is 13.2 Å². The zero-order chi connectivity index (χ0) is 21.9. The second-order valence-corrected chi connectivity index (χ2v) is 8.07. The van der Waals surface area contributed by atoms with Crippen molar-refractivity contribution in [2.45, 2.75) is 46.2 Å². The van der Waals surface area contributed by atoms with Gasteiger partial charge in [0.2, 0.25) is 5.91 Å². The predicted octanol–water partition coefficient (Wildman–Crippen LogP) is 2.24. The molecule has 0 aromatic carbocycles. The number of nitrogens with one attached hydrogen (secondary N) is 1. The van der Waals surface area contributed by atoms with Crippen LogP contribution in [0.15, 0.2) is 18.3 Å². The fourth-order valence-corrected chi connectivity index (χ4v) is 2.77. The highest BCUT2D eigenvalue weighted by molar-refractivity contribution is 5.84. The molecular formula is C21H38N4O4. The van der Waals surface area contributed by atoms with Crippen molar-refractivity contribution in [3.63, 3.8) is 0 Å². The molecule has 0 aliphatic heterocycles. The van der Waals surface area contributed by atoms with Gasteiger partial charge in [-0.15, -0.1) is 0 Å². The van der Waals surface area contributed by atoms with Crippen molar-refractivity contribution >= 4 is 11.9 Å². The third-order valence-electron chi connectivity index (χ3n) is 4.34. The second-order valence-electron chi connectivity index (χ2n) is 8.07. The van der Waals surface area contributed by atoms with Gasteiger partial charge in [-0.2, -0.15) is 0 Å². The molecular weight excluding hydrogens is 372 g/mol. The Balaban J connectivity index is 2.84. The SMILES string of the molecule is CCOCCCN(CC(=O)N(CCOC)Cc1cccn1C)C(=O)NC(C)(C)C. The van der Waals surface area contributed by atoms with Gasteiger partial charge in [0.15, 0.2) is 0 Å². The monoisotopic (exact) mass is 410 g/mol. The van der Waals surface area contributed by atoms with E-state index in [0.29, 0.717) is 45.9 Å². The van der Waals surface area contributed by atoms with Gasteiger partial charge in [0, 0.05) is 57.9 Å². The number of nitrogens with zero attached hydrogens (tertiary/aromatic N) is 3. The highest BCUT2D eigenvalue weighted by atomic mass is 16.5. The summed E-state index contributed by atoms with van der Waals surface area (Å²) in [4.78, 5) is 29.1. The molecule has 0 atom stereocenters. The molecule has 0 radical (unpaired) electrons. The van der Waals surface area contributed by atoms with Gasteiger partial charge in [-0.3, -0.25) is 4.79 Å². The minimum Gasteiger partial charge on any atom is -0.383 e. The van der Waals surface area contributed by atoms with E-state index in [1.165, 1.54) is 0 Å². The number of aryl methyl sites for hydroxylation is 1. The molecule has 0 bridgehead atoms. The first-order chi connectivity index (χ1) is 13.7. The van der Waals surface area contributed by atoms with Crippen molar-refractivity contribution in [2.24, 2.45) is 7.05 Å². The van der Waals surface area contributed by atoms with Crippen LogP contribution in [0.1, 0.15) is 39.8 Å². The maximum Gasteiger partial charge on any atom is 0.318 e.